The van der Waals surface area contributed by atoms with Gasteiger partial charge in [-0.15, -0.1) is 0 Å². The van der Waals surface area contributed by atoms with E-state index < -0.39 is 10.2 Å². The number of anilines is 1. The molecule has 0 unspecified atom stereocenters. The van der Waals surface area contributed by atoms with E-state index in [0.717, 1.165) is 18.4 Å². The molecule has 1 aliphatic heterocycles. The van der Waals surface area contributed by atoms with Gasteiger partial charge in [0.05, 0.1) is 0 Å². The standard InChI is InChI=1S/C22H29N3O3S/c1-17-9-8-14-25(16-17)29(27,28)24(3)18(2)20-12-7-13-21(15-20)23-22(26)19-10-5-4-6-11-19/h4-7,10-13,15,17-18H,8-9,14,16H2,1-3H3,(H,23,26)/t17-,18+/m1/s1. The number of piperidine rings is 1. The van der Waals surface area contributed by atoms with Gasteiger partial charge in [-0.3, -0.25) is 4.79 Å². The van der Waals surface area contributed by atoms with E-state index in [-0.39, 0.29) is 11.9 Å². The van der Waals surface area contributed by atoms with E-state index >= 15 is 0 Å². The number of hydrogen-bond donors (Lipinski definition) is 1. The Balaban J connectivity index is 1.74. The summed E-state index contributed by atoms with van der Waals surface area (Å²) in [7, 11) is -1.92. The summed E-state index contributed by atoms with van der Waals surface area (Å²) < 4.78 is 29.2. The first-order valence-electron chi connectivity index (χ1n) is 9.98. The number of nitrogens with one attached hydrogen (secondary N) is 1. The summed E-state index contributed by atoms with van der Waals surface area (Å²) in [5, 5.41) is 2.88. The summed E-state index contributed by atoms with van der Waals surface area (Å²) in [6.07, 6.45) is 1.96. The van der Waals surface area contributed by atoms with Gasteiger partial charge in [0.15, 0.2) is 0 Å². The summed E-state index contributed by atoms with van der Waals surface area (Å²) in [6, 6.07) is 16.0. The number of carbonyl (C=O) groups excluding carboxylic acids is 1. The van der Waals surface area contributed by atoms with Crippen LogP contribution in [0.15, 0.2) is 54.6 Å². The third-order valence-corrected chi connectivity index (χ3v) is 7.55. The highest BCUT2D eigenvalue weighted by atomic mass is 32.2. The fourth-order valence-electron chi connectivity index (χ4n) is 3.62. The van der Waals surface area contributed by atoms with Gasteiger partial charge in [-0.05, 0) is 55.5 Å². The molecule has 1 N–H and O–H groups in total. The van der Waals surface area contributed by atoms with Gasteiger partial charge in [0, 0.05) is 37.4 Å². The van der Waals surface area contributed by atoms with Gasteiger partial charge in [-0.2, -0.15) is 17.0 Å². The van der Waals surface area contributed by atoms with Crippen molar-refractivity contribution in [3.05, 3.63) is 65.7 Å². The molecule has 0 aromatic heterocycles. The summed E-state index contributed by atoms with van der Waals surface area (Å²) in [4.78, 5) is 12.4. The molecule has 1 heterocycles. The van der Waals surface area contributed by atoms with E-state index in [2.05, 4.69) is 12.2 Å². The normalized spacial score (nSPS) is 19.1. The van der Waals surface area contributed by atoms with Gasteiger partial charge >= 0.3 is 0 Å². The lowest BCUT2D eigenvalue weighted by atomic mass is 10.0. The minimum absolute atomic E-state index is 0.196. The number of amides is 1. The Morgan fingerprint density at radius 3 is 2.59 bits per heavy atom. The molecule has 7 heteroatoms. The molecule has 0 aliphatic carbocycles. The molecule has 6 nitrogen and oxygen atoms in total. The second-order valence-electron chi connectivity index (χ2n) is 7.75. The number of hydrogen-bond acceptors (Lipinski definition) is 3. The van der Waals surface area contributed by atoms with Gasteiger partial charge in [-0.1, -0.05) is 37.3 Å². The first-order chi connectivity index (χ1) is 13.8. The van der Waals surface area contributed by atoms with E-state index in [0.29, 0.717) is 30.3 Å². The van der Waals surface area contributed by atoms with Crippen molar-refractivity contribution in [2.45, 2.75) is 32.7 Å². The quantitative estimate of drug-likeness (QED) is 0.778. The molecule has 1 fully saturated rings. The first-order valence-corrected chi connectivity index (χ1v) is 11.4. The molecule has 0 spiro atoms. The molecule has 2 atom stereocenters. The Labute approximate surface area is 173 Å². The van der Waals surface area contributed by atoms with Crippen molar-refractivity contribution in [1.82, 2.24) is 8.61 Å². The topological polar surface area (TPSA) is 69.7 Å². The minimum Gasteiger partial charge on any atom is -0.322 e. The van der Waals surface area contributed by atoms with Crippen molar-refractivity contribution < 1.29 is 13.2 Å². The van der Waals surface area contributed by atoms with Crippen LogP contribution < -0.4 is 5.32 Å². The Bertz CT molecular complexity index is 947. The van der Waals surface area contributed by atoms with Crippen LogP contribution in [0, 0.1) is 5.92 Å². The largest absolute Gasteiger partial charge is 0.322 e. The highest BCUT2D eigenvalue weighted by molar-refractivity contribution is 7.86. The molecule has 1 saturated heterocycles. The van der Waals surface area contributed by atoms with Crippen molar-refractivity contribution in [3.8, 4) is 0 Å². The first kappa shape index (κ1) is 21.5. The van der Waals surface area contributed by atoms with Crippen molar-refractivity contribution in [1.29, 1.82) is 0 Å². The van der Waals surface area contributed by atoms with E-state index in [1.807, 2.05) is 43.3 Å². The molecule has 29 heavy (non-hydrogen) atoms. The van der Waals surface area contributed by atoms with Crippen LogP contribution in [0.2, 0.25) is 0 Å². The van der Waals surface area contributed by atoms with Crippen LogP contribution in [0.5, 0.6) is 0 Å². The summed E-state index contributed by atoms with van der Waals surface area (Å²) >= 11 is 0. The molecular weight excluding hydrogens is 386 g/mol. The van der Waals surface area contributed by atoms with E-state index in [4.69, 9.17) is 0 Å². The van der Waals surface area contributed by atoms with E-state index in [9.17, 15) is 13.2 Å². The maximum Gasteiger partial charge on any atom is 0.282 e. The van der Waals surface area contributed by atoms with Gasteiger partial charge in [-0.25, -0.2) is 0 Å². The third kappa shape index (κ3) is 5.04. The fraction of sp³-hybridized carbons (Fsp3) is 0.409. The molecule has 0 radical (unpaired) electrons. The van der Waals surface area contributed by atoms with Crippen LogP contribution in [-0.2, 0) is 10.2 Å². The van der Waals surface area contributed by atoms with Crippen molar-refractivity contribution in [2.24, 2.45) is 5.92 Å². The summed E-state index contributed by atoms with van der Waals surface area (Å²) in [6.45, 7) is 5.08. The van der Waals surface area contributed by atoms with Gasteiger partial charge in [0.2, 0.25) is 0 Å². The van der Waals surface area contributed by atoms with Crippen LogP contribution in [0.3, 0.4) is 0 Å². The van der Waals surface area contributed by atoms with Crippen LogP contribution >= 0.6 is 0 Å². The Morgan fingerprint density at radius 1 is 1.17 bits per heavy atom. The van der Waals surface area contributed by atoms with Crippen molar-refractivity contribution in [3.63, 3.8) is 0 Å². The Morgan fingerprint density at radius 2 is 1.90 bits per heavy atom. The molecule has 0 saturated carbocycles. The van der Waals surface area contributed by atoms with Crippen molar-refractivity contribution >= 4 is 21.8 Å². The van der Waals surface area contributed by atoms with E-state index in [1.54, 1.807) is 29.6 Å². The Kier molecular flexibility index (Phi) is 6.72. The van der Waals surface area contributed by atoms with Crippen LogP contribution in [0.1, 0.15) is 48.7 Å². The van der Waals surface area contributed by atoms with Crippen molar-refractivity contribution in [2.75, 3.05) is 25.5 Å². The second kappa shape index (κ2) is 9.07. The molecule has 1 amide bonds. The predicted octanol–water partition coefficient (Wildman–Crippen LogP) is 3.91. The maximum atomic E-state index is 13.1. The highest BCUT2D eigenvalue weighted by Crippen LogP contribution is 2.28. The van der Waals surface area contributed by atoms with Gasteiger partial charge < -0.3 is 5.32 Å². The molecule has 0 bridgehead atoms. The molecule has 1 aliphatic rings. The average molecular weight is 416 g/mol. The lowest BCUT2D eigenvalue weighted by Gasteiger charge is -2.35. The zero-order valence-electron chi connectivity index (χ0n) is 17.2. The maximum absolute atomic E-state index is 13.1. The zero-order chi connectivity index (χ0) is 21.0. The lowest BCUT2D eigenvalue weighted by molar-refractivity contribution is 0.102. The SMILES string of the molecule is C[C@@H]1CCCN(S(=O)(=O)N(C)[C@@H](C)c2cccc(NC(=O)c3ccccc3)c2)C1. The smallest absolute Gasteiger partial charge is 0.282 e. The van der Waals surface area contributed by atoms with Crippen LogP contribution in [0.4, 0.5) is 5.69 Å². The number of benzene rings is 2. The zero-order valence-corrected chi connectivity index (χ0v) is 18.0. The predicted molar refractivity (Wildman–Crippen MR) is 116 cm³/mol. The average Bonchev–Trinajstić information content (AvgIpc) is 2.73. The number of nitrogens with zero attached hydrogens (tertiary/aromatic N) is 2. The van der Waals surface area contributed by atoms with Crippen LogP contribution in [0.25, 0.3) is 0 Å². The second-order valence-corrected chi connectivity index (χ2v) is 9.74. The molecule has 156 valence electrons. The molecular formula is C22H29N3O3S. The highest BCUT2D eigenvalue weighted by Gasteiger charge is 2.33. The van der Waals surface area contributed by atoms with E-state index in [1.165, 1.54) is 4.31 Å². The lowest BCUT2D eigenvalue weighted by Crippen LogP contribution is -2.46. The monoisotopic (exact) mass is 415 g/mol. The van der Waals surface area contributed by atoms with Crippen LogP contribution in [-0.4, -0.2) is 43.1 Å². The van der Waals surface area contributed by atoms with Gasteiger partial charge in [0.1, 0.15) is 0 Å². The molecule has 2 aromatic rings. The fourth-order valence-corrected chi connectivity index (χ4v) is 5.31. The Hall–Kier alpha value is -2.22. The van der Waals surface area contributed by atoms with Gasteiger partial charge in [0.25, 0.3) is 16.1 Å². The third-order valence-electron chi connectivity index (χ3n) is 5.52. The molecule has 2 aromatic carbocycles. The number of rotatable bonds is 6. The number of carbonyl (C=O) groups is 1. The minimum atomic E-state index is -3.54. The molecule has 3 rings (SSSR count). The summed E-state index contributed by atoms with van der Waals surface area (Å²) in [5.41, 5.74) is 2.04. The summed E-state index contributed by atoms with van der Waals surface area (Å²) in [5.74, 6) is 0.178.